The van der Waals surface area contributed by atoms with E-state index in [4.69, 9.17) is 0 Å². The fourth-order valence-electron chi connectivity index (χ4n) is 3.73. The average molecular weight is 351 g/mol. The van der Waals surface area contributed by atoms with Gasteiger partial charge in [-0.05, 0) is 36.1 Å². The number of anilines is 1. The van der Waals surface area contributed by atoms with Crippen LogP contribution < -0.4 is 21.1 Å². The Hall–Kier alpha value is -2.44. The molecule has 26 heavy (non-hydrogen) atoms. The van der Waals surface area contributed by atoms with Crippen molar-refractivity contribution in [2.24, 2.45) is 5.92 Å². The lowest BCUT2D eigenvalue weighted by Crippen LogP contribution is -2.34. The molecule has 136 valence electrons. The molecule has 1 amide bonds. The first-order valence-electron chi connectivity index (χ1n) is 9.32. The highest BCUT2D eigenvalue weighted by Gasteiger charge is 2.33. The number of benzene rings is 1. The van der Waals surface area contributed by atoms with E-state index in [9.17, 15) is 4.79 Å². The lowest BCUT2D eigenvalue weighted by molar-refractivity contribution is -0.125. The van der Waals surface area contributed by atoms with Gasteiger partial charge in [-0.3, -0.25) is 10.2 Å². The molecule has 6 heteroatoms. The Bertz CT molecular complexity index is 745. The Labute approximate surface area is 154 Å². The molecule has 2 saturated heterocycles. The number of carbonyl (C=O) groups excluding carboxylic acids is 1. The van der Waals surface area contributed by atoms with Crippen molar-refractivity contribution < 1.29 is 4.79 Å². The number of hydrogen-bond acceptors (Lipinski definition) is 5. The molecule has 0 bridgehead atoms. The van der Waals surface area contributed by atoms with Crippen LogP contribution in [-0.2, 0) is 11.3 Å². The van der Waals surface area contributed by atoms with E-state index in [1.165, 1.54) is 12.8 Å². The Morgan fingerprint density at radius 1 is 1.19 bits per heavy atom. The molecule has 0 aliphatic carbocycles. The van der Waals surface area contributed by atoms with Crippen molar-refractivity contribution in [2.75, 3.05) is 24.5 Å². The minimum Gasteiger partial charge on any atom is -0.357 e. The average Bonchev–Trinajstić information content (AvgIpc) is 3.39. The summed E-state index contributed by atoms with van der Waals surface area (Å²) in [7, 11) is 0. The van der Waals surface area contributed by atoms with Gasteiger partial charge in [0.1, 0.15) is 5.82 Å². The summed E-state index contributed by atoms with van der Waals surface area (Å²) in [5, 5.41) is 3.09. The van der Waals surface area contributed by atoms with Crippen molar-refractivity contribution >= 4 is 11.7 Å². The highest BCUT2D eigenvalue weighted by molar-refractivity contribution is 5.80. The number of carbonyl (C=O) groups is 1. The predicted molar refractivity (Wildman–Crippen MR) is 101 cm³/mol. The van der Waals surface area contributed by atoms with E-state index in [1.54, 1.807) is 0 Å². The number of hydrogen-bond donors (Lipinski definition) is 3. The lowest BCUT2D eigenvalue weighted by Gasteiger charge is -2.19. The molecule has 1 aromatic heterocycles. The third-order valence-corrected chi connectivity index (χ3v) is 5.18. The summed E-state index contributed by atoms with van der Waals surface area (Å²) in [6, 6.07) is 14.1. The van der Waals surface area contributed by atoms with E-state index in [2.05, 4.69) is 44.3 Å². The van der Waals surface area contributed by atoms with Crippen LogP contribution in [0.15, 0.2) is 48.7 Å². The quantitative estimate of drug-likeness (QED) is 0.766. The van der Waals surface area contributed by atoms with Gasteiger partial charge in [-0.2, -0.15) is 0 Å². The molecule has 0 saturated carbocycles. The maximum atomic E-state index is 12.7. The summed E-state index contributed by atoms with van der Waals surface area (Å²) in [5.74, 6) is 0.953. The number of hydrazine groups is 1. The molecule has 2 aromatic rings. The molecule has 4 rings (SSSR count). The van der Waals surface area contributed by atoms with E-state index >= 15 is 0 Å². The summed E-state index contributed by atoms with van der Waals surface area (Å²) in [6.45, 7) is 3.29. The van der Waals surface area contributed by atoms with Crippen molar-refractivity contribution in [1.82, 2.24) is 21.2 Å². The van der Waals surface area contributed by atoms with Crippen molar-refractivity contribution in [2.45, 2.75) is 25.4 Å². The van der Waals surface area contributed by atoms with Crippen LogP contribution in [0.2, 0.25) is 0 Å². The van der Waals surface area contributed by atoms with Gasteiger partial charge in [-0.15, -0.1) is 0 Å². The van der Waals surface area contributed by atoms with Crippen molar-refractivity contribution in [1.29, 1.82) is 0 Å². The van der Waals surface area contributed by atoms with Crippen molar-refractivity contribution in [3.8, 4) is 0 Å². The Kier molecular flexibility index (Phi) is 5.13. The second-order valence-corrected chi connectivity index (χ2v) is 6.95. The highest BCUT2D eigenvalue weighted by atomic mass is 16.2. The van der Waals surface area contributed by atoms with Crippen LogP contribution in [0.25, 0.3) is 0 Å². The van der Waals surface area contributed by atoms with Gasteiger partial charge >= 0.3 is 0 Å². The van der Waals surface area contributed by atoms with Crippen LogP contribution in [0.5, 0.6) is 0 Å². The number of pyridine rings is 1. The molecule has 2 aliphatic rings. The van der Waals surface area contributed by atoms with E-state index in [-0.39, 0.29) is 17.9 Å². The number of rotatable bonds is 5. The van der Waals surface area contributed by atoms with Crippen LogP contribution in [0, 0.1) is 5.92 Å². The van der Waals surface area contributed by atoms with E-state index in [0.717, 1.165) is 30.0 Å². The minimum atomic E-state index is -0.128. The Morgan fingerprint density at radius 3 is 2.81 bits per heavy atom. The summed E-state index contributed by atoms with van der Waals surface area (Å²) in [6.07, 6.45) is 4.29. The van der Waals surface area contributed by atoms with Crippen LogP contribution in [0.1, 0.15) is 30.0 Å². The zero-order valence-electron chi connectivity index (χ0n) is 14.8. The van der Waals surface area contributed by atoms with Gasteiger partial charge in [0.15, 0.2) is 0 Å². The summed E-state index contributed by atoms with van der Waals surface area (Å²) < 4.78 is 0. The summed E-state index contributed by atoms with van der Waals surface area (Å²) in [5.41, 5.74) is 8.55. The third kappa shape index (κ3) is 3.71. The number of amides is 1. The number of nitrogens with one attached hydrogen (secondary N) is 3. The minimum absolute atomic E-state index is 0.00574. The highest BCUT2D eigenvalue weighted by Crippen LogP contribution is 2.25. The molecule has 2 fully saturated rings. The van der Waals surface area contributed by atoms with E-state index in [0.29, 0.717) is 13.1 Å². The van der Waals surface area contributed by atoms with E-state index in [1.807, 2.05) is 30.5 Å². The normalized spacial score (nSPS) is 22.5. The topological polar surface area (TPSA) is 69.3 Å². The molecule has 3 N–H and O–H groups in total. The van der Waals surface area contributed by atoms with Gasteiger partial charge in [0.2, 0.25) is 5.91 Å². The van der Waals surface area contributed by atoms with Gasteiger partial charge in [0.05, 0.1) is 12.0 Å². The molecule has 3 heterocycles. The van der Waals surface area contributed by atoms with Crippen LogP contribution in [0.3, 0.4) is 0 Å². The van der Waals surface area contributed by atoms with Crippen molar-refractivity contribution in [3.05, 3.63) is 59.8 Å². The smallest absolute Gasteiger partial charge is 0.226 e. The molecular formula is C20H25N5O. The Balaban J connectivity index is 1.38. The molecular weight excluding hydrogens is 326 g/mol. The monoisotopic (exact) mass is 351 g/mol. The third-order valence-electron chi connectivity index (χ3n) is 5.18. The van der Waals surface area contributed by atoms with Crippen LogP contribution >= 0.6 is 0 Å². The zero-order valence-corrected chi connectivity index (χ0v) is 14.8. The predicted octanol–water partition coefficient (Wildman–Crippen LogP) is 1.76. The van der Waals surface area contributed by atoms with Gasteiger partial charge in [-0.1, -0.05) is 30.3 Å². The number of nitrogens with zero attached hydrogens (tertiary/aromatic N) is 2. The molecule has 0 radical (unpaired) electrons. The SMILES string of the molecule is O=C(NCc1ccnc(N2CCCC2)c1)C1CNNC1c1ccccc1. The maximum Gasteiger partial charge on any atom is 0.226 e. The first-order valence-corrected chi connectivity index (χ1v) is 9.32. The standard InChI is InChI=1S/C20H25N5O/c26-20(17-14-23-24-19(17)16-6-2-1-3-7-16)22-13-15-8-9-21-18(12-15)25-10-4-5-11-25/h1-3,6-9,12,17,19,23-24H,4-5,10-11,13-14H2,(H,22,26). The second kappa shape index (κ2) is 7.85. The second-order valence-electron chi connectivity index (χ2n) is 6.95. The molecule has 2 aliphatic heterocycles. The lowest BCUT2D eigenvalue weighted by atomic mass is 9.94. The van der Waals surface area contributed by atoms with Crippen LogP contribution in [-0.4, -0.2) is 30.5 Å². The first kappa shape index (κ1) is 17.0. The maximum absolute atomic E-state index is 12.7. The molecule has 1 aromatic carbocycles. The van der Waals surface area contributed by atoms with Gasteiger partial charge in [-0.25, -0.2) is 10.4 Å². The van der Waals surface area contributed by atoms with Crippen molar-refractivity contribution in [3.63, 3.8) is 0 Å². The molecule has 0 spiro atoms. The fourth-order valence-corrected chi connectivity index (χ4v) is 3.73. The first-order chi connectivity index (χ1) is 12.8. The van der Waals surface area contributed by atoms with Gasteiger partial charge < -0.3 is 10.2 Å². The zero-order chi connectivity index (χ0) is 17.8. The Morgan fingerprint density at radius 2 is 2.00 bits per heavy atom. The van der Waals surface area contributed by atoms with E-state index < -0.39 is 0 Å². The molecule has 2 atom stereocenters. The number of aromatic nitrogens is 1. The fraction of sp³-hybridized carbons (Fsp3) is 0.400. The van der Waals surface area contributed by atoms with Gasteiger partial charge in [0, 0.05) is 32.4 Å². The largest absolute Gasteiger partial charge is 0.357 e. The van der Waals surface area contributed by atoms with Crippen LogP contribution in [0.4, 0.5) is 5.82 Å². The summed E-state index contributed by atoms with van der Waals surface area (Å²) >= 11 is 0. The van der Waals surface area contributed by atoms with Gasteiger partial charge in [0.25, 0.3) is 0 Å². The summed E-state index contributed by atoms with van der Waals surface area (Å²) in [4.78, 5) is 19.5. The molecule has 6 nitrogen and oxygen atoms in total. The molecule has 2 unspecified atom stereocenters.